The highest BCUT2D eigenvalue weighted by molar-refractivity contribution is 7.99. The second kappa shape index (κ2) is 5.27. The maximum Gasteiger partial charge on any atom is 0.153 e. The molecule has 2 N–H and O–H groups in total. The largest absolute Gasteiger partial charge is 0.382 e. The number of aromatic nitrogens is 1. The molecule has 3 rings (SSSR count). The van der Waals surface area contributed by atoms with Crippen LogP contribution in [-0.2, 0) is 0 Å². The number of nitrogens with zero attached hydrogens (tertiary/aromatic N) is 3. The van der Waals surface area contributed by atoms with Crippen molar-refractivity contribution in [1.82, 2.24) is 9.27 Å². The molecule has 100 valence electrons. The average Bonchev–Trinajstić information content (AvgIpc) is 2.79. The Labute approximate surface area is 117 Å². The van der Waals surface area contributed by atoms with Gasteiger partial charge in [0.05, 0.1) is 4.90 Å². The fraction of sp³-hybridized carbons (Fsp3) is 0.750. The van der Waals surface area contributed by atoms with Crippen molar-refractivity contribution in [2.24, 2.45) is 0 Å². The van der Waals surface area contributed by atoms with E-state index in [1.807, 2.05) is 0 Å². The van der Waals surface area contributed by atoms with Crippen LogP contribution in [0.5, 0.6) is 0 Å². The number of fused-ring (bicyclic) bond motifs is 1. The molecule has 1 aromatic rings. The van der Waals surface area contributed by atoms with Crippen molar-refractivity contribution < 1.29 is 0 Å². The standard InChI is InChI=1S/C12H20N4S2/c1-17-10-11(13)14-18-12(10)16-7-6-15-5-3-2-4-9(15)8-16/h9H,2-8H2,1H3,(H2,13,14). The van der Waals surface area contributed by atoms with Crippen LogP contribution in [0.1, 0.15) is 19.3 Å². The van der Waals surface area contributed by atoms with Gasteiger partial charge in [-0.1, -0.05) is 6.42 Å². The Morgan fingerprint density at radius 2 is 2.22 bits per heavy atom. The van der Waals surface area contributed by atoms with E-state index in [4.69, 9.17) is 5.73 Å². The number of nitrogens with two attached hydrogens (primary N) is 1. The van der Waals surface area contributed by atoms with Crippen LogP contribution in [0.2, 0.25) is 0 Å². The van der Waals surface area contributed by atoms with Crippen molar-refractivity contribution in [2.45, 2.75) is 30.2 Å². The van der Waals surface area contributed by atoms with Gasteiger partial charge in [0.15, 0.2) is 5.82 Å². The maximum absolute atomic E-state index is 5.93. The zero-order valence-electron chi connectivity index (χ0n) is 10.8. The van der Waals surface area contributed by atoms with Crippen LogP contribution in [0.3, 0.4) is 0 Å². The first-order chi connectivity index (χ1) is 8.79. The van der Waals surface area contributed by atoms with Gasteiger partial charge in [-0.2, -0.15) is 4.37 Å². The molecule has 3 heterocycles. The number of piperidine rings is 1. The van der Waals surface area contributed by atoms with Gasteiger partial charge in [0.25, 0.3) is 0 Å². The maximum atomic E-state index is 5.93. The Balaban J connectivity index is 1.77. The molecule has 1 unspecified atom stereocenters. The highest BCUT2D eigenvalue weighted by Gasteiger charge is 2.30. The van der Waals surface area contributed by atoms with Crippen LogP contribution in [0.25, 0.3) is 0 Å². The molecule has 0 radical (unpaired) electrons. The molecule has 0 aromatic carbocycles. The number of nitrogen functional groups attached to an aromatic ring is 1. The summed E-state index contributed by atoms with van der Waals surface area (Å²) in [5.41, 5.74) is 5.93. The number of hydrogen-bond acceptors (Lipinski definition) is 6. The SMILES string of the molecule is CSc1c(N)nsc1N1CCN2CCCCC2C1. The molecule has 0 aliphatic carbocycles. The first kappa shape index (κ1) is 12.6. The minimum absolute atomic E-state index is 0.702. The summed E-state index contributed by atoms with van der Waals surface area (Å²) < 4.78 is 4.31. The van der Waals surface area contributed by atoms with Gasteiger partial charge in [-0.15, -0.1) is 11.8 Å². The van der Waals surface area contributed by atoms with Crippen molar-refractivity contribution in [1.29, 1.82) is 0 Å². The predicted molar refractivity (Wildman–Crippen MR) is 79.7 cm³/mol. The number of rotatable bonds is 2. The molecule has 0 amide bonds. The summed E-state index contributed by atoms with van der Waals surface area (Å²) in [7, 11) is 0. The Hall–Kier alpha value is -0.460. The number of thioether (sulfide) groups is 1. The fourth-order valence-corrected chi connectivity index (χ4v) is 4.74. The molecule has 2 aliphatic rings. The lowest BCUT2D eigenvalue weighted by Crippen LogP contribution is -2.54. The van der Waals surface area contributed by atoms with Crippen molar-refractivity contribution in [3.05, 3.63) is 0 Å². The number of anilines is 2. The second-order valence-electron chi connectivity index (χ2n) is 5.04. The monoisotopic (exact) mass is 284 g/mol. The molecule has 1 atom stereocenters. The molecule has 18 heavy (non-hydrogen) atoms. The molecule has 0 saturated carbocycles. The van der Waals surface area contributed by atoms with Crippen LogP contribution in [0.15, 0.2) is 4.90 Å². The van der Waals surface area contributed by atoms with E-state index in [9.17, 15) is 0 Å². The summed E-state index contributed by atoms with van der Waals surface area (Å²) >= 11 is 3.28. The van der Waals surface area contributed by atoms with Crippen LogP contribution in [0, 0.1) is 0 Å². The first-order valence-corrected chi connectivity index (χ1v) is 8.57. The lowest BCUT2D eigenvalue weighted by molar-refractivity contribution is 0.133. The summed E-state index contributed by atoms with van der Waals surface area (Å²) in [4.78, 5) is 6.32. The molecule has 1 aromatic heterocycles. The van der Waals surface area contributed by atoms with E-state index in [2.05, 4.69) is 20.4 Å². The smallest absolute Gasteiger partial charge is 0.153 e. The molecule has 0 spiro atoms. The third-order valence-corrected chi connectivity index (χ3v) is 5.85. The summed E-state index contributed by atoms with van der Waals surface area (Å²) in [5.74, 6) is 0.702. The van der Waals surface area contributed by atoms with Gasteiger partial charge in [0.1, 0.15) is 5.00 Å². The molecular formula is C12H20N4S2. The second-order valence-corrected chi connectivity index (χ2v) is 6.61. The summed E-state index contributed by atoms with van der Waals surface area (Å²) in [5, 5.41) is 1.28. The van der Waals surface area contributed by atoms with E-state index in [1.165, 1.54) is 42.2 Å². The van der Waals surface area contributed by atoms with E-state index < -0.39 is 0 Å². The topological polar surface area (TPSA) is 45.4 Å². The van der Waals surface area contributed by atoms with Crippen molar-refractivity contribution in [3.8, 4) is 0 Å². The Morgan fingerprint density at radius 1 is 1.33 bits per heavy atom. The van der Waals surface area contributed by atoms with E-state index >= 15 is 0 Å². The van der Waals surface area contributed by atoms with E-state index in [-0.39, 0.29) is 0 Å². The van der Waals surface area contributed by atoms with Crippen molar-refractivity contribution in [2.75, 3.05) is 43.1 Å². The van der Waals surface area contributed by atoms with Gasteiger partial charge in [-0.3, -0.25) is 4.90 Å². The van der Waals surface area contributed by atoms with E-state index in [1.54, 1.807) is 23.3 Å². The predicted octanol–water partition coefficient (Wildman–Crippen LogP) is 2.12. The molecule has 2 aliphatic heterocycles. The molecular weight excluding hydrogens is 264 g/mol. The summed E-state index contributed by atoms with van der Waals surface area (Å²) in [6, 6.07) is 0.741. The zero-order valence-corrected chi connectivity index (χ0v) is 12.4. The summed E-state index contributed by atoms with van der Waals surface area (Å²) in [6.45, 7) is 4.75. The van der Waals surface area contributed by atoms with Crippen LogP contribution < -0.4 is 10.6 Å². The summed E-state index contributed by atoms with van der Waals surface area (Å²) in [6.07, 6.45) is 6.19. The Kier molecular flexibility index (Phi) is 3.68. The molecule has 2 saturated heterocycles. The molecule has 6 heteroatoms. The van der Waals surface area contributed by atoms with E-state index in [0.717, 1.165) is 19.1 Å². The van der Waals surface area contributed by atoms with Crippen LogP contribution >= 0.6 is 23.3 Å². The lowest BCUT2D eigenvalue weighted by atomic mass is 10.00. The first-order valence-electron chi connectivity index (χ1n) is 6.57. The van der Waals surface area contributed by atoms with Crippen LogP contribution in [0.4, 0.5) is 10.8 Å². The Morgan fingerprint density at radius 3 is 3.06 bits per heavy atom. The Bertz CT molecular complexity index is 420. The highest BCUT2D eigenvalue weighted by Crippen LogP contribution is 2.38. The lowest BCUT2D eigenvalue weighted by Gasteiger charge is -2.44. The normalized spacial score (nSPS) is 25.2. The van der Waals surface area contributed by atoms with Gasteiger partial charge < -0.3 is 10.6 Å². The highest BCUT2D eigenvalue weighted by atomic mass is 32.2. The van der Waals surface area contributed by atoms with E-state index in [0.29, 0.717) is 5.82 Å². The van der Waals surface area contributed by atoms with Gasteiger partial charge in [-0.25, -0.2) is 0 Å². The molecule has 4 nitrogen and oxygen atoms in total. The minimum atomic E-state index is 0.702. The average molecular weight is 284 g/mol. The number of hydrogen-bond donors (Lipinski definition) is 1. The van der Waals surface area contributed by atoms with Gasteiger partial charge in [-0.05, 0) is 37.2 Å². The third-order valence-electron chi connectivity index (χ3n) is 3.99. The molecule has 0 bridgehead atoms. The zero-order chi connectivity index (χ0) is 12.5. The number of piperazine rings is 1. The third kappa shape index (κ3) is 2.21. The fourth-order valence-electron chi connectivity index (χ4n) is 3.02. The quantitative estimate of drug-likeness (QED) is 0.843. The minimum Gasteiger partial charge on any atom is -0.382 e. The van der Waals surface area contributed by atoms with Crippen LogP contribution in [-0.4, -0.2) is 47.8 Å². The molecule has 2 fully saturated rings. The van der Waals surface area contributed by atoms with Crippen molar-refractivity contribution in [3.63, 3.8) is 0 Å². The van der Waals surface area contributed by atoms with Gasteiger partial charge in [0.2, 0.25) is 0 Å². The van der Waals surface area contributed by atoms with Crippen molar-refractivity contribution >= 4 is 34.1 Å². The van der Waals surface area contributed by atoms with Gasteiger partial charge >= 0.3 is 0 Å². The van der Waals surface area contributed by atoms with Gasteiger partial charge in [0, 0.05) is 25.7 Å².